The van der Waals surface area contributed by atoms with Crippen LogP contribution in [-0.2, 0) is 0 Å². The van der Waals surface area contributed by atoms with Crippen LogP contribution in [0.5, 0.6) is 0 Å². The second kappa shape index (κ2) is 4.67. The molecule has 0 bridgehead atoms. The lowest BCUT2D eigenvalue weighted by atomic mass is 10.3. The summed E-state index contributed by atoms with van der Waals surface area (Å²) in [6.07, 6.45) is 1.34. The van der Waals surface area contributed by atoms with Gasteiger partial charge in [-0.3, -0.25) is 4.79 Å². The SMILES string of the molecule is O=C(Nc1ccc(Cl)c(Br)c1)c1ccon1. The molecular formula is C10H6BrClN2O2. The highest BCUT2D eigenvalue weighted by Crippen LogP contribution is 2.25. The number of halogens is 2. The van der Waals surface area contributed by atoms with Crippen molar-refractivity contribution in [2.75, 3.05) is 5.32 Å². The Morgan fingerprint density at radius 1 is 1.44 bits per heavy atom. The highest BCUT2D eigenvalue weighted by Gasteiger charge is 2.09. The van der Waals surface area contributed by atoms with Crippen LogP contribution in [0.4, 0.5) is 5.69 Å². The van der Waals surface area contributed by atoms with Crippen LogP contribution in [0.1, 0.15) is 10.5 Å². The summed E-state index contributed by atoms with van der Waals surface area (Å²) in [7, 11) is 0. The van der Waals surface area contributed by atoms with E-state index in [9.17, 15) is 4.79 Å². The lowest BCUT2D eigenvalue weighted by molar-refractivity contribution is 0.101. The molecule has 16 heavy (non-hydrogen) atoms. The van der Waals surface area contributed by atoms with E-state index in [2.05, 4.69) is 30.9 Å². The van der Waals surface area contributed by atoms with Crippen LogP contribution in [0.3, 0.4) is 0 Å². The van der Waals surface area contributed by atoms with Crippen molar-refractivity contribution in [2.24, 2.45) is 0 Å². The molecule has 0 saturated heterocycles. The number of carbonyl (C=O) groups excluding carboxylic acids is 1. The molecule has 0 saturated carbocycles. The van der Waals surface area contributed by atoms with Gasteiger partial charge >= 0.3 is 0 Å². The summed E-state index contributed by atoms with van der Waals surface area (Å²) in [4.78, 5) is 11.6. The fourth-order valence-electron chi connectivity index (χ4n) is 1.10. The van der Waals surface area contributed by atoms with E-state index in [4.69, 9.17) is 11.6 Å². The zero-order valence-electron chi connectivity index (χ0n) is 7.91. The van der Waals surface area contributed by atoms with Gasteiger partial charge in [-0.05, 0) is 34.1 Å². The van der Waals surface area contributed by atoms with Gasteiger partial charge in [0.15, 0.2) is 5.69 Å². The first-order valence-electron chi connectivity index (χ1n) is 4.33. The first-order valence-corrected chi connectivity index (χ1v) is 5.50. The standard InChI is InChI=1S/C10H6BrClN2O2/c11-7-5-6(1-2-8(7)12)13-10(15)9-3-4-16-14-9/h1-5H,(H,13,15). The Bertz CT molecular complexity index is 514. The maximum absolute atomic E-state index is 11.6. The smallest absolute Gasteiger partial charge is 0.277 e. The molecule has 2 aromatic rings. The van der Waals surface area contributed by atoms with Crippen molar-refractivity contribution in [2.45, 2.75) is 0 Å². The van der Waals surface area contributed by atoms with Gasteiger partial charge in [0.2, 0.25) is 0 Å². The lowest BCUT2D eigenvalue weighted by Gasteiger charge is -2.04. The number of anilines is 1. The fraction of sp³-hybridized carbons (Fsp3) is 0. The molecule has 0 spiro atoms. The highest BCUT2D eigenvalue weighted by atomic mass is 79.9. The highest BCUT2D eigenvalue weighted by molar-refractivity contribution is 9.10. The molecule has 1 aromatic heterocycles. The maximum Gasteiger partial charge on any atom is 0.277 e. The van der Waals surface area contributed by atoms with E-state index in [0.717, 1.165) is 0 Å². The first kappa shape index (κ1) is 11.2. The van der Waals surface area contributed by atoms with E-state index in [1.54, 1.807) is 18.2 Å². The summed E-state index contributed by atoms with van der Waals surface area (Å²) in [6, 6.07) is 6.58. The van der Waals surface area contributed by atoms with Gasteiger partial charge in [0.05, 0.1) is 5.02 Å². The van der Waals surface area contributed by atoms with Crippen molar-refractivity contribution in [1.29, 1.82) is 0 Å². The normalized spacial score (nSPS) is 10.1. The Morgan fingerprint density at radius 3 is 2.88 bits per heavy atom. The van der Waals surface area contributed by atoms with Crippen LogP contribution in [0.2, 0.25) is 5.02 Å². The Balaban J connectivity index is 2.15. The summed E-state index contributed by atoms with van der Waals surface area (Å²) < 4.78 is 5.29. The molecule has 0 atom stereocenters. The van der Waals surface area contributed by atoms with Crippen LogP contribution in [0, 0.1) is 0 Å². The van der Waals surface area contributed by atoms with E-state index in [1.807, 2.05) is 0 Å². The van der Waals surface area contributed by atoms with E-state index in [1.165, 1.54) is 12.3 Å². The molecule has 1 aromatic carbocycles. The minimum atomic E-state index is -0.331. The molecule has 0 unspecified atom stereocenters. The average Bonchev–Trinajstić information content (AvgIpc) is 2.77. The molecular weight excluding hydrogens is 295 g/mol. The number of hydrogen-bond acceptors (Lipinski definition) is 3. The number of benzene rings is 1. The van der Waals surface area contributed by atoms with E-state index in [0.29, 0.717) is 15.2 Å². The number of aromatic nitrogens is 1. The largest absolute Gasteiger partial charge is 0.364 e. The van der Waals surface area contributed by atoms with Gasteiger partial charge in [0, 0.05) is 16.2 Å². The molecule has 1 amide bonds. The summed E-state index contributed by atoms with van der Waals surface area (Å²) in [6.45, 7) is 0. The van der Waals surface area contributed by atoms with Crippen molar-refractivity contribution in [3.8, 4) is 0 Å². The third kappa shape index (κ3) is 2.43. The van der Waals surface area contributed by atoms with Crippen LogP contribution in [0.25, 0.3) is 0 Å². The van der Waals surface area contributed by atoms with Gasteiger partial charge in [-0.2, -0.15) is 0 Å². The third-order valence-corrected chi connectivity index (χ3v) is 3.06. The Labute approximate surface area is 105 Å². The minimum Gasteiger partial charge on any atom is -0.364 e. The number of nitrogens with zero attached hydrogens (tertiary/aromatic N) is 1. The Hall–Kier alpha value is -1.33. The fourth-order valence-corrected chi connectivity index (χ4v) is 1.60. The van der Waals surface area contributed by atoms with Gasteiger partial charge in [-0.15, -0.1) is 0 Å². The van der Waals surface area contributed by atoms with Crippen LogP contribution >= 0.6 is 27.5 Å². The molecule has 0 aliphatic rings. The van der Waals surface area contributed by atoms with E-state index in [-0.39, 0.29) is 11.6 Å². The molecule has 0 radical (unpaired) electrons. The van der Waals surface area contributed by atoms with Gasteiger partial charge in [0.1, 0.15) is 6.26 Å². The van der Waals surface area contributed by atoms with Crippen molar-refractivity contribution in [1.82, 2.24) is 5.16 Å². The van der Waals surface area contributed by atoms with Crippen LogP contribution in [0.15, 0.2) is 39.5 Å². The van der Waals surface area contributed by atoms with Crippen molar-refractivity contribution in [3.63, 3.8) is 0 Å². The zero-order valence-corrected chi connectivity index (χ0v) is 10.2. The second-order valence-electron chi connectivity index (χ2n) is 2.97. The molecule has 6 heteroatoms. The second-order valence-corrected chi connectivity index (χ2v) is 4.23. The Kier molecular flexibility index (Phi) is 3.26. The summed E-state index contributed by atoms with van der Waals surface area (Å²) >= 11 is 9.10. The number of nitrogens with one attached hydrogen (secondary N) is 1. The molecule has 0 aliphatic heterocycles. The topological polar surface area (TPSA) is 55.1 Å². The molecule has 0 aliphatic carbocycles. The summed E-state index contributed by atoms with van der Waals surface area (Å²) in [5, 5.41) is 6.77. The third-order valence-electron chi connectivity index (χ3n) is 1.85. The summed E-state index contributed by atoms with van der Waals surface area (Å²) in [5.74, 6) is -0.331. The molecule has 82 valence electrons. The molecule has 2 rings (SSSR count). The first-order chi connectivity index (χ1) is 7.66. The zero-order chi connectivity index (χ0) is 11.5. The predicted molar refractivity (Wildman–Crippen MR) is 63.6 cm³/mol. The van der Waals surface area contributed by atoms with Crippen molar-refractivity contribution < 1.29 is 9.32 Å². The van der Waals surface area contributed by atoms with Crippen LogP contribution < -0.4 is 5.32 Å². The van der Waals surface area contributed by atoms with Crippen molar-refractivity contribution >= 4 is 39.1 Å². The number of carbonyl (C=O) groups is 1. The number of amides is 1. The van der Waals surface area contributed by atoms with Crippen molar-refractivity contribution in [3.05, 3.63) is 45.7 Å². The Morgan fingerprint density at radius 2 is 2.25 bits per heavy atom. The predicted octanol–water partition coefficient (Wildman–Crippen LogP) is 3.34. The quantitative estimate of drug-likeness (QED) is 0.925. The maximum atomic E-state index is 11.6. The lowest BCUT2D eigenvalue weighted by Crippen LogP contribution is -2.11. The molecule has 0 fully saturated rings. The van der Waals surface area contributed by atoms with Gasteiger partial charge in [-0.25, -0.2) is 0 Å². The van der Waals surface area contributed by atoms with E-state index < -0.39 is 0 Å². The minimum absolute atomic E-state index is 0.228. The summed E-state index contributed by atoms with van der Waals surface area (Å²) in [5.41, 5.74) is 0.857. The van der Waals surface area contributed by atoms with Gasteiger partial charge in [0.25, 0.3) is 5.91 Å². The average molecular weight is 302 g/mol. The monoisotopic (exact) mass is 300 g/mol. The van der Waals surface area contributed by atoms with E-state index >= 15 is 0 Å². The molecule has 1 N–H and O–H groups in total. The number of hydrogen-bond donors (Lipinski definition) is 1. The van der Waals surface area contributed by atoms with Gasteiger partial charge in [-0.1, -0.05) is 16.8 Å². The molecule has 4 nitrogen and oxygen atoms in total. The number of rotatable bonds is 2. The molecule has 1 heterocycles. The van der Waals surface area contributed by atoms with Crippen LogP contribution in [-0.4, -0.2) is 11.1 Å². The van der Waals surface area contributed by atoms with Gasteiger partial charge < -0.3 is 9.84 Å².